The normalized spacial score (nSPS) is 15.6. The van der Waals surface area contributed by atoms with E-state index in [1.54, 1.807) is 48.4 Å². The number of hydrogen-bond donors (Lipinski definition) is 2. The van der Waals surface area contributed by atoms with E-state index in [1.165, 1.54) is 23.2 Å². The molecule has 4 heterocycles. The average molecular weight is 525 g/mol. The van der Waals surface area contributed by atoms with Crippen LogP contribution < -0.4 is 11.1 Å². The van der Waals surface area contributed by atoms with Gasteiger partial charge < -0.3 is 20.4 Å². The highest BCUT2D eigenvalue weighted by Crippen LogP contribution is 2.36. The quantitative estimate of drug-likeness (QED) is 0.408. The summed E-state index contributed by atoms with van der Waals surface area (Å²) in [4.78, 5) is 35.2. The molecule has 10 nitrogen and oxygen atoms in total. The number of nitrogens with zero attached hydrogens (tertiary/aromatic N) is 5. The molecular weight excluding hydrogens is 503 g/mol. The number of rotatable bonds is 5. The van der Waals surface area contributed by atoms with E-state index in [0.29, 0.717) is 17.5 Å². The Kier molecular flexibility index (Phi) is 6.35. The molecule has 13 heteroatoms. The van der Waals surface area contributed by atoms with Crippen molar-refractivity contribution in [3.05, 3.63) is 72.0 Å². The van der Waals surface area contributed by atoms with Gasteiger partial charge in [0, 0.05) is 55.3 Å². The van der Waals surface area contributed by atoms with Crippen LogP contribution in [0.25, 0.3) is 22.6 Å². The van der Waals surface area contributed by atoms with Crippen LogP contribution in [0.15, 0.2) is 59.4 Å². The Bertz CT molecular complexity index is 1500. The third-order valence-corrected chi connectivity index (χ3v) is 6.12. The number of aryl methyl sites for hydroxylation is 1. The summed E-state index contributed by atoms with van der Waals surface area (Å²) in [5.41, 5.74) is 6.94. The summed E-state index contributed by atoms with van der Waals surface area (Å²) in [6, 6.07) is 9.08. The summed E-state index contributed by atoms with van der Waals surface area (Å²) in [6.45, 7) is 0.114. The first-order valence-electron chi connectivity index (χ1n) is 11.6. The number of oxazole rings is 1. The Hall–Kier alpha value is -4.68. The van der Waals surface area contributed by atoms with Gasteiger partial charge in [-0.05, 0) is 24.6 Å². The highest BCUT2D eigenvalue weighted by Gasteiger charge is 2.43. The van der Waals surface area contributed by atoms with Crippen molar-refractivity contribution in [1.82, 2.24) is 30.0 Å². The first kappa shape index (κ1) is 25.0. The Balaban J connectivity index is 1.31. The fraction of sp³-hybridized carbons (Fsp3) is 0.240. The van der Waals surface area contributed by atoms with E-state index >= 15 is 0 Å². The molecule has 1 aliphatic heterocycles. The number of aromatic nitrogens is 4. The summed E-state index contributed by atoms with van der Waals surface area (Å²) < 4.78 is 47.6. The second-order valence-corrected chi connectivity index (χ2v) is 8.83. The van der Waals surface area contributed by atoms with E-state index in [2.05, 4.69) is 20.4 Å². The number of amides is 2. The summed E-state index contributed by atoms with van der Waals surface area (Å²) in [5.74, 6) is -3.18. The molecule has 3 N–H and O–H groups in total. The zero-order valence-corrected chi connectivity index (χ0v) is 20.1. The van der Waals surface area contributed by atoms with Crippen LogP contribution in [-0.2, 0) is 13.2 Å². The molecule has 0 spiro atoms. The highest BCUT2D eigenvalue weighted by atomic mass is 19.4. The van der Waals surface area contributed by atoms with Crippen LogP contribution in [0.2, 0.25) is 0 Å². The molecule has 0 unspecified atom stereocenters. The van der Waals surface area contributed by atoms with Gasteiger partial charge in [0.2, 0.25) is 11.7 Å². The van der Waals surface area contributed by atoms with Crippen molar-refractivity contribution < 1.29 is 27.2 Å². The predicted octanol–water partition coefficient (Wildman–Crippen LogP) is 3.38. The molecule has 1 aromatic carbocycles. The molecule has 0 aliphatic carbocycles. The van der Waals surface area contributed by atoms with Crippen LogP contribution in [0.3, 0.4) is 0 Å². The molecule has 4 aromatic rings. The van der Waals surface area contributed by atoms with Gasteiger partial charge in [0.15, 0.2) is 5.69 Å². The second-order valence-electron chi connectivity index (χ2n) is 8.83. The molecule has 1 atom stereocenters. The van der Waals surface area contributed by atoms with Crippen molar-refractivity contribution in [3.8, 4) is 22.6 Å². The lowest BCUT2D eigenvalue weighted by molar-refractivity contribution is -0.153. The first-order chi connectivity index (χ1) is 18.1. The average Bonchev–Trinajstić information content (AvgIpc) is 3.64. The molecule has 38 heavy (non-hydrogen) atoms. The van der Waals surface area contributed by atoms with Crippen LogP contribution in [0.1, 0.15) is 33.0 Å². The number of carbonyl (C=O) groups excluding carboxylic acids is 2. The molecule has 1 fully saturated rings. The number of halogens is 3. The standard InChI is InChI=1S/C25H22F3N7O3/c1-34-12-16(11-31-34)15-9-18(21(29)30-10-15)22(36)32-17-7-8-35(13-17)24(37)19-20(25(26,27)28)38-23(33-19)14-5-3-2-4-6-14/h2-6,9-12,17H,7-8,13H2,1H3,(H2,29,30)(H,32,36)/t17-/m1/s1. The Morgan fingerprint density at radius 1 is 1.13 bits per heavy atom. The number of nitrogens with one attached hydrogen (secondary N) is 1. The van der Waals surface area contributed by atoms with Crippen molar-refractivity contribution >= 4 is 17.6 Å². The van der Waals surface area contributed by atoms with Gasteiger partial charge in [0.1, 0.15) is 5.82 Å². The van der Waals surface area contributed by atoms with Crippen molar-refractivity contribution in [1.29, 1.82) is 0 Å². The molecule has 1 aliphatic rings. The minimum Gasteiger partial charge on any atom is -0.431 e. The maximum atomic E-state index is 13.7. The van der Waals surface area contributed by atoms with Crippen LogP contribution >= 0.6 is 0 Å². The maximum Gasteiger partial charge on any atom is 0.452 e. The lowest BCUT2D eigenvalue weighted by Gasteiger charge is -2.17. The number of hydrogen-bond acceptors (Lipinski definition) is 7. The van der Waals surface area contributed by atoms with Crippen LogP contribution in [-0.4, -0.2) is 55.6 Å². The number of alkyl halides is 3. The van der Waals surface area contributed by atoms with Crippen LogP contribution in [0.5, 0.6) is 0 Å². The van der Waals surface area contributed by atoms with E-state index < -0.39 is 35.5 Å². The van der Waals surface area contributed by atoms with Crippen molar-refractivity contribution in [2.75, 3.05) is 18.8 Å². The summed E-state index contributed by atoms with van der Waals surface area (Å²) in [6.07, 6.45) is 0.328. The van der Waals surface area contributed by atoms with E-state index in [1.807, 2.05) is 0 Å². The number of carbonyl (C=O) groups is 2. The minimum atomic E-state index is -4.91. The molecule has 1 saturated heterocycles. The number of nitrogens with two attached hydrogens (primary N) is 1. The van der Waals surface area contributed by atoms with Gasteiger partial charge in [-0.15, -0.1) is 0 Å². The lowest BCUT2D eigenvalue weighted by atomic mass is 10.1. The van der Waals surface area contributed by atoms with E-state index in [9.17, 15) is 22.8 Å². The molecule has 0 saturated carbocycles. The smallest absolute Gasteiger partial charge is 0.431 e. The summed E-state index contributed by atoms with van der Waals surface area (Å²) >= 11 is 0. The van der Waals surface area contributed by atoms with Crippen molar-refractivity contribution in [2.24, 2.45) is 7.05 Å². The van der Waals surface area contributed by atoms with Gasteiger partial charge in [-0.3, -0.25) is 14.3 Å². The molecule has 3 aromatic heterocycles. The Labute approximate surface area is 214 Å². The molecule has 0 radical (unpaired) electrons. The Morgan fingerprint density at radius 2 is 1.89 bits per heavy atom. The SMILES string of the molecule is Cn1cc(-c2cnc(N)c(C(=O)N[C@@H]3CCN(C(=O)c4nc(-c5ccccc5)oc4C(F)(F)F)C3)c2)cn1. The number of anilines is 1. The van der Waals surface area contributed by atoms with E-state index in [0.717, 1.165) is 5.56 Å². The second kappa shape index (κ2) is 9.65. The van der Waals surface area contributed by atoms with E-state index in [-0.39, 0.29) is 30.4 Å². The third kappa shape index (κ3) is 4.94. The number of nitrogen functional groups attached to an aromatic ring is 1. The van der Waals surface area contributed by atoms with Crippen molar-refractivity contribution in [2.45, 2.75) is 18.6 Å². The summed E-state index contributed by atoms with van der Waals surface area (Å²) in [5, 5.41) is 6.89. The van der Waals surface area contributed by atoms with Gasteiger partial charge in [-0.1, -0.05) is 18.2 Å². The fourth-order valence-corrected chi connectivity index (χ4v) is 4.22. The largest absolute Gasteiger partial charge is 0.452 e. The number of likely N-dealkylation sites (tertiary alicyclic amines) is 1. The van der Waals surface area contributed by atoms with Crippen LogP contribution in [0, 0.1) is 0 Å². The molecule has 5 rings (SSSR count). The fourth-order valence-electron chi connectivity index (χ4n) is 4.22. The minimum absolute atomic E-state index is 0.00890. The van der Waals surface area contributed by atoms with Gasteiger partial charge in [-0.25, -0.2) is 9.97 Å². The van der Waals surface area contributed by atoms with Crippen molar-refractivity contribution in [3.63, 3.8) is 0 Å². The number of pyridine rings is 1. The highest BCUT2D eigenvalue weighted by molar-refractivity contribution is 6.00. The molecule has 2 amide bonds. The molecular formula is C25H22F3N7O3. The molecule has 196 valence electrons. The molecule has 0 bridgehead atoms. The van der Waals surface area contributed by atoms with Gasteiger partial charge in [0.25, 0.3) is 11.8 Å². The lowest BCUT2D eigenvalue weighted by Crippen LogP contribution is -2.39. The number of benzene rings is 1. The van der Waals surface area contributed by atoms with Gasteiger partial charge >= 0.3 is 6.18 Å². The summed E-state index contributed by atoms with van der Waals surface area (Å²) in [7, 11) is 1.76. The maximum absolute atomic E-state index is 13.7. The Morgan fingerprint density at radius 3 is 2.58 bits per heavy atom. The van der Waals surface area contributed by atoms with Gasteiger partial charge in [-0.2, -0.15) is 18.3 Å². The zero-order chi connectivity index (χ0) is 27.0. The van der Waals surface area contributed by atoms with Crippen LogP contribution in [0.4, 0.5) is 19.0 Å². The third-order valence-electron chi connectivity index (χ3n) is 6.12. The van der Waals surface area contributed by atoms with Gasteiger partial charge in [0.05, 0.1) is 11.8 Å². The topological polar surface area (TPSA) is 132 Å². The monoisotopic (exact) mass is 525 g/mol. The van der Waals surface area contributed by atoms with E-state index in [4.69, 9.17) is 10.2 Å². The predicted molar refractivity (Wildman–Crippen MR) is 130 cm³/mol. The zero-order valence-electron chi connectivity index (χ0n) is 20.1. The first-order valence-corrected chi connectivity index (χ1v) is 11.6.